The van der Waals surface area contributed by atoms with Gasteiger partial charge >= 0.3 is 0 Å². The summed E-state index contributed by atoms with van der Waals surface area (Å²) >= 11 is 0. The molecule has 0 saturated carbocycles. The number of imidazole rings is 1. The summed E-state index contributed by atoms with van der Waals surface area (Å²) in [5.74, 6) is 0.297. The fourth-order valence-corrected chi connectivity index (χ4v) is 5.39. The van der Waals surface area contributed by atoms with Crippen LogP contribution in [0.5, 0.6) is 0 Å². The molecule has 0 spiro atoms. The molecule has 0 aromatic carbocycles. The van der Waals surface area contributed by atoms with Crippen molar-refractivity contribution < 1.29 is 4.39 Å². The fraction of sp³-hybridized carbons (Fsp3) is 0.417. The molecular weight excluding hydrogens is 407 g/mol. The second-order valence-corrected chi connectivity index (χ2v) is 9.55. The van der Waals surface area contributed by atoms with E-state index in [1.54, 1.807) is 41.9 Å². The quantitative estimate of drug-likeness (QED) is 0.654. The summed E-state index contributed by atoms with van der Waals surface area (Å²) in [4.78, 5) is 28.7. The molecule has 2 saturated heterocycles. The molecule has 7 nitrogen and oxygen atoms in total. The van der Waals surface area contributed by atoms with Crippen LogP contribution in [0.1, 0.15) is 45.2 Å². The number of nitrogens with one attached hydrogen (secondary N) is 2. The van der Waals surface area contributed by atoms with Crippen molar-refractivity contribution >= 4 is 5.57 Å². The van der Waals surface area contributed by atoms with Gasteiger partial charge in [0.15, 0.2) is 5.43 Å². The number of nitrogens with zero attached hydrogens (tertiary/aromatic N) is 4. The van der Waals surface area contributed by atoms with Crippen LogP contribution in [0, 0.1) is 5.92 Å². The normalized spacial score (nSPS) is 29.6. The van der Waals surface area contributed by atoms with Crippen molar-refractivity contribution in [2.75, 3.05) is 0 Å². The first kappa shape index (κ1) is 20.8. The van der Waals surface area contributed by atoms with Crippen molar-refractivity contribution in [2.24, 2.45) is 5.92 Å². The number of fused-ring (bicyclic) bond motifs is 2. The number of hydrogen-bond acceptors (Lipinski definition) is 5. The Hall–Kier alpha value is -3.13. The zero-order valence-electron chi connectivity index (χ0n) is 18.3. The van der Waals surface area contributed by atoms with Crippen LogP contribution in [0.15, 0.2) is 54.8 Å². The summed E-state index contributed by atoms with van der Waals surface area (Å²) in [6.45, 7) is 8.35. The van der Waals surface area contributed by atoms with E-state index in [-0.39, 0.29) is 16.9 Å². The lowest BCUT2D eigenvalue weighted by Gasteiger charge is -2.55. The van der Waals surface area contributed by atoms with Crippen LogP contribution in [0.4, 0.5) is 4.39 Å². The highest BCUT2D eigenvalue weighted by molar-refractivity contribution is 5.65. The minimum atomic E-state index is -1.04. The zero-order valence-corrected chi connectivity index (χ0v) is 18.3. The van der Waals surface area contributed by atoms with Crippen molar-refractivity contribution in [3.8, 4) is 17.1 Å². The van der Waals surface area contributed by atoms with Crippen molar-refractivity contribution in [3.05, 3.63) is 65.9 Å². The van der Waals surface area contributed by atoms with Crippen molar-refractivity contribution in [1.29, 1.82) is 0 Å². The standard InChI is InChI=1S/C24H27FN6O/c1-15(16-10-23(2)5-4-6-24(3,30-23)22(16)25)18-12-28-19(13-27-18)17-11-29-21(9-20(17)32)31-8-7-26-14-31/h7-9,11-14,16,22,30H,1,4-6,10H2,2-3H3,(H,29,32)/t16-,22-,23+,24-/m0/s1. The summed E-state index contributed by atoms with van der Waals surface area (Å²) in [6, 6.07) is 1.49. The summed E-state index contributed by atoms with van der Waals surface area (Å²) in [5, 5.41) is 3.55. The summed E-state index contributed by atoms with van der Waals surface area (Å²) in [5.41, 5.74) is 1.29. The first-order chi connectivity index (χ1) is 15.3. The summed E-state index contributed by atoms with van der Waals surface area (Å²) < 4.78 is 17.3. The molecule has 2 N–H and O–H groups in total. The molecule has 3 aromatic rings. The number of aromatic nitrogens is 5. The smallest absolute Gasteiger partial charge is 0.193 e. The largest absolute Gasteiger partial charge is 0.347 e. The lowest BCUT2D eigenvalue weighted by atomic mass is 9.64. The Morgan fingerprint density at radius 3 is 2.81 bits per heavy atom. The molecule has 5 rings (SSSR count). The molecule has 3 aromatic heterocycles. The van der Waals surface area contributed by atoms with E-state index >= 15 is 4.39 Å². The fourth-order valence-electron chi connectivity index (χ4n) is 5.39. The Kier molecular flexibility index (Phi) is 4.85. The van der Waals surface area contributed by atoms with Gasteiger partial charge in [-0.25, -0.2) is 9.37 Å². The maximum atomic E-state index is 15.5. The Morgan fingerprint density at radius 2 is 2.12 bits per heavy atom. The highest BCUT2D eigenvalue weighted by atomic mass is 19.1. The van der Waals surface area contributed by atoms with Gasteiger partial charge in [0, 0.05) is 41.7 Å². The highest BCUT2D eigenvalue weighted by Crippen LogP contribution is 2.47. The Labute approximate surface area is 185 Å². The number of hydrogen-bond donors (Lipinski definition) is 2. The van der Waals surface area contributed by atoms with E-state index in [0.29, 0.717) is 34.8 Å². The van der Waals surface area contributed by atoms with Crippen LogP contribution in [0.2, 0.25) is 0 Å². The van der Waals surface area contributed by atoms with E-state index in [9.17, 15) is 4.79 Å². The summed E-state index contributed by atoms with van der Waals surface area (Å²) in [6.07, 6.45) is 12.3. The van der Waals surface area contributed by atoms with Crippen molar-refractivity contribution in [1.82, 2.24) is 29.8 Å². The number of halogens is 1. The molecule has 0 radical (unpaired) electrons. The molecule has 8 heteroatoms. The molecule has 2 aliphatic heterocycles. The molecule has 4 atom stereocenters. The van der Waals surface area contributed by atoms with E-state index in [2.05, 4.69) is 38.8 Å². The minimum Gasteiger partial charge on any atom is -0.347 e. The van der Waals surface area contributed by atoms with E-state index in [4.69, 9.17) is 0 Å². The van der Waals surface area contributed by atoms with Gasteiger partial charge in [0.1, 0.15) is 18.3 Å². The third-order valence-electron chi connectivity index (χ3n) is 7.03. The van der Waals surface area contributed by atoms with Crippen LogP contribution in [-0.2, 0) is 0 Å². The number of allylic oxidation sites excluding steroid dienone is 1. The number of piperidine rings is 2. The average molecular weight is 435 g/mol. The van der Waals surface area contributed by atoms with Gasteiger partial charge in [-0.05, 0) is 45.1 Å². The number of aromatic amines is 1. The maximum absolute atomic E-state index is 15.5. The average Bonchev–Trinajstić information content (AvgIpc) is 3.31. The molecule has 0 aliphatic carbocycles. The molecule has 0 unspecified atom stereocenters. The molecule has 32 heavy (non-hydrogen) atoms. The maximum Gasteiger partial charge on any atom is 0.193 e. The van der Waals surface area contributed by atoms with Crippen LogP contribution in [0.3, 0.4) is 0 Å². The van der Waals surface area contributed by atoms with E-state index in [1.165, 1.54) is 6.07 Å². The topological polar surface area (TPSA) is 88.5 Å². The Balaban J connectivity index is 1.39. The monoisotopic (exact) mass is 434 g/mol. The molecule has 5 heterocycles. The molecule has 0 amide bonds. The third kappa shape index (κ3) is 3.48. The Bertz CT molecular complexity index is 1200. The van der Waals surface area contributed by atoms with Crippen molar-refractivity contribution in [3.63, 3.8) is 0 Å². The van der Waals surface area contributed by atoms with E-state index in [0.717, 1.165) is 19.3 Å². The first-order valence-corrected chi connectivity index (χ1v) is 10.9. The Morgan fingerprint density at radius 1 is 1.28 bits per heavy atom. The van der Waals surface area contributed by atoms with Gasteiger partial charge in [0.05, 0.1) is 29.3 Å². The molecule has 2 bridgehead atoms. The van der Waals surface area contributed by atoms with Gasteiger partial charge in [0.25, 0.3) is 0 Å². The second-order valence-electron chi connectivity index (χ2n) is 9.55. The zero-order chi connectivity index (χ0) is 22.5. The molecule has 2 aliphatic rings. The number of pyridine rings is 1. The predicted octanol–water partition coefficient (Wildman–Crippen LogP) is 3.68. The first-order valence-electron chi connectivity index (χ1n) is 10.9. The number of H-pyrrole nitrogens is 1. The lowest BCUT2D eigenvalue weighted by molar-refractivity contribution is -0.00601. The van der Waals surface area contributed by atoms with Gasteiger partial charge in [-0.3, -0.25) is 19.3 Å². The third-order valence-corrected chi connectivity index (χ3v) is 7.03. The summed E-state index contributed by atoms with van der Waals surface area (Å²) in [7, 11) is 0. The van der Waals surface area contributed by atoms with Gasteiger partial charge in [-0.15, -0.1) is 0 Å². The van der Waals surface area contributed by atoms with Crippen LogP contribution in [0.25, 0.3) is 22.6 Å². The molecule has 166 valence electrons. The lowest BCUT2D eigenvalue weighted by Crippen LogP contribution is -2.68. The van der Waals surface area contributed by atoms with Gasteiger partial charge in [0.2, 0.25) is 0 Å². The van der Waals surface area contributed by atoms with Crippen molar-refractivity contribution in [2.45, 2.75) is 56.8 Å². The van der Waals surface area contributed by atoms with E-state index < -0.39 is 11.7 Å². The molecule has 2 fully saturated rings. The van der Waals surface area contributed by atoms with Crippen LogP contribution >= 0.6 is 0 Å². The number of alkyl halides is 1. The molecular formula is C24H27FN6O. The van der Waals surface area contributed by atoms with Gasteiger partial charge in [-0.2, -0.15) is 0 Å². The van der Waals surface area contributed by atoms with Gasteiger partial charge < -0.3 is 10.3 Å². The highest BCUT2D eigenvalue weighted by Gasteiger charge is 2.53. The van der Waals surface area contributed by atoms with Gasteiger partial charge in [-0.1, -0.05) is 6.58 Å². The minimum absolute atomic E-state index is 0.0964. The van der Waals surface area contributed by atoms with Crippen LogP contribution < -0.4 is 10.7 Å². The number of rotatable bonds is 4. The van der Waals surface area contributed by atoms with Crippen LogP contribution in [-0.4, -0.2) is 41.8 Å². The van der Waals surface area contributed by atoms with E-state index in [1.807, 2.05) is 6.92 Å². The SMILES string of the molecule is C=C(c1cnc(-c2c[nH]c(-n3ccnc3)cc2=O)cn1)[C@@H]1C[C@@]2(C)CCC[C@](C)(N2)[C@H]1F. The second kappa shape index (κ2) is 7.48. The predicted molar refractivity (Wildman–Crippen MR) is 121 cm³/mol.